The summed E-state index contributed by atoms with van der Waals surface area (Å²) in [5.41, 5.74) is 6.61. The Morgan fingerprint density at radius 1 is 1.55 bits per heavy atom. The number of aromatic nitrogens is 1. The fourth-order valence-corrected chi connectivity index (χ4v) is 1.97. The normalized spacial score (nSPS) is 15.5. The number of hydrogen-bond acceptors (Lipinski definition) is 5. The van der Waals surface area contributed by atoms with E-state index in [1.54, 1.807) is 24.2 Å². The van der Waals surface area contributed by atoms with Crippen LogP contribution in [-0.2, 0) is 20.9 Å². The molecule has 6 nitrogen and oxygen atoms in total. The van der Waals surface area contributed by atoms with Gasteiger partial charge >= 0.3 is 5.97 Å². The first-order valence-electron chi connectivity index (χ1n) is 6.75. The smallest absolute Gasteiger partial charge is 0.332 e. The number of ether oxygens (including phenoxy) is 1. The van der Waals surface area contributed by atoms with Crippen molar-refractivity contribution in [2.24, 2.45) is 5.73 Å². The number of nitrogens with two attached hydrogens (primary N) is 1. The van der Waals surface area contributed by atoms with Crippen LogP contribution in [0.25, 0.3) is 0 Å². The van der Waals surface area contributed by atoms with Gasteiger partial charge in [0.15, 0.2) is 6.04 Å². The van der Waals surface area contributed by atoms with Crippen LogP contribution in [0.2, 0.25) is 0 Å². The molecule has 1 saturated carbocycles. The Hall–Kier alpha value is -1.95. The Bertz CT molecular complexity index is 474. The Morgan fingerprint density at radius 3 is 2.85 bits per heavy atom. The summed E-state index contributed by atoms with van der Waals surface area (Å²) < 4.78 is 4.80. The average molecular weight is 277 g/mol. The zero-order valence-electron chi connectivity index (χ0n) is 11.5. The number of rotatable bonds is 6. The Morgan fingerprint density at radius 2 is 2.30 bits per heavy atom. The van der Waals surface area contributed by atoms with Gasteiger partial charge in [-0.05, 0) is 31.4 Å². The maximum Gasteiger partial charge on any atom is 0.332 e. The van der Waals surface area contributed by atoms with Crippen molar-refractivity contribution in [1.82, 2.24) is 9.88 Å². The van der Waals surface area contributed by atoms with E-state index in [0.717, 1.165) is 18.4 Å². The van der Waals surface area contributed by atoms with Crippen LogP contribution in [-0.4, -0.2) is 40.5 Å². The Balaban J connectivity index is 2.05. The minimum Gasteiger partial charge on any atom is -0.464 e. The molecular formula is C14H19N3O3. The van der Waals surface area contributed by atoms with Gasteiger partial charge < -0.3 is 15.4 Å². The van der Waals surface area contributed by atoms with Gasteiger partial charge in [-0.25, -0.2) is 4.79 Å². The molecule has 1 aliphatic carbocycles. The van der Waals surface area contributed by atoms with Gasteiger partial charge in [0.25, 0.3) is 5.91 Å². The fourth-order valence-electron chi connectivity index (χ4n) is 1.97. The lowest BCUT2D eigenvalue weighted by atomic mass is 10.2. The van der Waals surface area contributed by atoms with Crippen molar-refractivity contribution < 1.29 is 14.3 Å². The zero-order valence-corrected chi connectivity index (χ0v) is 11.5. The molecule has 0 radical (unpaired) electrons. The standard InChI is InChI=1S/C14H19N3O3/c1-2-20-14(19)12(15)13(18)17(11-5-6-11)9-10-4-3-7-16-8-10/h3-4,7-8,11-12H,2,5-6,9,15H2,1H3. The fraction of sp³-hybridized carbons (Fsp3) is 0.500. The van der Waals surface area contributed by atoms with Gasteiger partial charge in [-0.3, -0.25) is 9.78 Å². The van der Waals surface area contributed by atoms with E-state index < -0.39 is 12.0 Å². The van der Waals surface area contributed by atoms with Crippen molar-refractivity contribution in [1.29, 1.82) is 0 Å². The van der Waals surface area contributed by atoms with Crippen LogP contribution in [0.15, 0.2) is 24.5 Å². The molecule has 6 heteroatoms. The molecule has 2 rings (SSSR count). The van der Waals surface area contributed by atoms with Crippen molar-refractivity contribution in [3.05, 3.63) is 30.1 Å². The highest BCUT2D eigenvalue weighted by Gasteiger charge is 2.37. The summed E-state index contributed by atoms with van der Waals surface area (Å²) in [5, 5.41) is 0. The number of carbonyl (C=O) groups is 2. The van der Waals surface area contributed by atoms with Gasteiger partial charge in [0.2, 0.25) is 0 Å². The number of amides is 1. The molecule has 0 bridgehead atoms. The monoisotopic (exact) mass is 277 g/mol. The molecule has 108 valence electrons. The number of esters is 1. The lowest BCUT2D eigenvalue weighted by Gasteiger charge is -2.24. The molecule has 0 spiro atoms. The molecule has 2 N–H and O–H groups in total. The predicted molar refractivity (Wildman–Crippen MR) is 72.4 cm³/mol. The minimum atomic E-state index is -1.24. The molecule has 1 aromatic heterocycles. The quantitative estimate of drug-likeness (QED) is 0.603. The van der Waals surface area contributed by atoms with Gasteiger partial charge in [-0.1, -0.05) is 6.07 Å². The number of hydrogen-bond donors (Lipinski definition) is 1. The van der Waals surface area contributed by atoms with E-state index in [0.29, 0.717) is 6.54 Å². The second-order valence-corrected chi connectivity index (χ2v) is 4.79. The summed E-state index contributed by atoms with van der Waals surface area (Å²) in [6.45, 7) is 2.32. The second-order valence-electron chi connectivity index (χ2n) is 4.79. The summed E-state index contributed by atoms with van der Waals surface area (Å²) in [6.07, 6.45) is 5.28. The van der Waals surface area contributed by atoms with Crippen molar-refractivity contribution >= 4 is 11.9 Å². The van der Waals surface area contributed by atoms with Crippen LogP contribution in [0, 0.1) is 0 Å². The van der Waals surface area contributed by atoms with Crippen LogP contribution in [0.4, 0.5) is 0 Å². The summed E-state index contributed by atoms with van der Waals surface area (Å²) in [4.78, 5) is 29.6. The highest BCUT2D eigenvalue weighted by Crippen LogP contribution is 2.28. The highest BCUT2D eigenvalue weighted by atomic mass is 16.5. The van der Waals surface area contributed by atoms with Crippen LogP contribution < -0.4 is 5.73 Å². The first kappa shape index (κ1) is 14.5. The van der Waals surface area contributed by atoms with Gasteiger partial charge in [0, 0.05) is 25.0 Å². The number of pyridine rings is 1. The lowest BCUT2D eigenvalue weighted by Crippen LogP contribution is -2.49. The molecular weight excluding hydrogens is 258 g/mol. The van der Waals surface area contributed by atoms with Crippen LogP contribution in [0.5, 0.6) is 0 Å². The molecule has 0 aromatic carbocycles. The van der Waals surface area contributed by atoms with Crippen LogP contribution in [0.3, 0.4) is 0 Å². The first-order chi connectivity index (χ1) is 9.63. The summed E-state index contributed by atoms with van der Waals surface area (Å²) >= 11 is 0. The third-order valence-electron chi connectivity index (χ3n) is 3.15. The highest BCUT2D eigenvalue weighted by molar-refractivity contribution is 6.01. The van der Waals surface area contributed by atoms with E-state index >= 15 is 0 Å². The minimum absolute atomic E-state index is 0.170. The third-order valence-corrected chi connectivity index (χ3v) is 3.15. The molecule has 1 unspecified atom stereocenters. The molecule has 0 aliphatic heterocycles. The van der Waals surface area contributed by atoms with Crippen molar-refractivity contribution in [2.75, 3.05) is 6.61 Å². The molecule has 1 amide bonds. The third kappa shape index (κ3) is 3.54. The van der Waals surface area contributed by atoms with Gasteiger partial charge in [0.05, 0.1) is 6.61 Å². The summed E-state index contributed by atoms with van der Waals surface area (Å²) in [7, 11) is 0. The van der Waals surface area contributed by atoms with Gasteiger partial charge in [-0.15, -0.1) is 0 Å². The lowest BCUT2D eigenvalue weighted by molar-refractivity contribution is -0.151. The Labute approximate surface area is 117 Å². The van der Waals surface area contributed by atoms with Crippen LogP contribution >= 0.6 is 0 Å². The average Bonchev–Trinajstić information content (AvgIpc) is 3.29. The summed E-state index contributed by atoms with van der Waals surface area (Å²) in [6, 6.07) is 2.64. The van der Waals surface area contributed by atoms with E-state index in [4.69, 9.17) is 10.5 Å². The Kier molecular flexibility index (Phi) is 4.68. The second kappa shape index (κ2) is 6.47. The topological polar surface area (TPSA) is 85.5 Å². The largest absolute Gasteiger partial charge is 0.464 e. The maximum absolute atomic E-state index is 12.3. The van der Waals surface area contributed by atoms with E-state index in [2.05, 4.69) is 4.98 Å². The van der Waals surface area contributed by atoms with E-state index in [1.165, 1.54) is 0 Å². The van der Waals surface area contributed by atoms with Crippen molar-refractivity contribution in [3.63, 3.8) is 0 Å². The zero-order chi connectivity index (χ0) is 14.5. The molecule has 1 fully saturated rings. The molecule has 1 aliphatic rings. The van der Waals surface area contributed by atoms with E-state index in [-0.39, 0.29) is 18.6 Å². The molecule has 1 atom stereocenters. The van der Waals surface area contributed by atoms with E-state index in [9.17, 15) is 9.59 Å². The molecule has 1 aromatic rings. The molecule has 0 saturated heterocycles. The number of nitrogens with zero attached hydrogens (tertiary/aromatic N) is 2. The van der Waals surface area contributed by atoms with E-state index in [1.807, 2.05) is 12.1 Å². The molecule has 20 heavy (non-hydrogen) atoms. The van der Waals surface area contributed by atoms with Gasteiger partial charge in [-0.2, -0.15) is 0 Å². The number of carbonyl (C=O) groups excluding carboxylic acids is 2. The first-order valence-corrected chi connectivity index (χ1v) is 6.75. The molecule has 1 heterocycles. The van der Waals surface area contributed by atoms with Crippen LogP contribution in [0.1, 0.15) is 25.3 Å². The van der Waals surface area contributed by atoms with Crippen molar-refractivity contribution in [2.45, 2.75) is 38.4 Å². The van der Waals surface area contributed by atoms with Crippen molar-refractivity contribution in [3.8, 4) is 0 Å². The van der Waals surface area contributed by atoms with Gasteiger partial charge in [0.1, 0.15) is 0 Å². The SMILES string of the molecule is CCOC(=O)C(N)C(=O)N(Cc1cccnc1)C1CC1. The maximum atomic E-state index is 12.3. The predicted octanol–water partition coefficient (Wildman–Crippen LogP) is 0.463. The summed E-state index contributed by atoms with van der Waals surface area (Å²) in [5.74, 6) is -1.05.